The molecule has 1 heterocycles. The van der Waals surface area contributed by atoms with Crippen LogP contribution in [0.15, 0.2) is 40.8 Å². The molecule has 0 aliphatic heterocycles. The summed E-state index contributed by atoms with van der Waals surface area (Å²) in [5.41, 5.74) is 2.50. The molecule has 106 valence electrons. The zero-order valence-electron chi connectivity index (χ0n) is 12.2. The molecule has 2 aromatic rings. The summed E-state index contributed by atoms with van der Waals surface area (Å²) in [7, 11) is 2.11. The van der Waals surface area contributed by atoms with Crippen LogP contribution in [0.3, 0.4) is 0 Å². The molecular weight excluding hydrogens is 248 g/mol. The molecule has 1 aliphatic rings. The Morgan fingerprint density at radius 3 is 2.70 bits per heavy atom. The molecule has 3 rings (SSSR count). The number of para-hydroxylation sites is 1. The van der Waals surface area contributed by atoms with Crippen molar-refractivity contribution in [1.29, 1.82) is 0 Å². The first-order valence-electron chi connectivity index (χ1n) is 7.30. The molecule has 0 unspecified atom stereocenters. The lowest BCUT2D eigenvalue weighted by atomic mass is 10.2. The van der Waals surface area contributed by atoms with Gasteiger partial charge in [-0.3, -0.25) is 0 Å². The normalized spacial score (nSPS) is 14.5. The second kappa shape index (κ2) is 5.71. The minimum atomic E-state index is 0.718. The number of rotatable bonds is 6. The van der Waals surface area contributed by atoms with Crippen LogP contribution in [0.25, 0.3) is 0 Å². The molecule has 3 heteroatoms. The first-order valence-corrected chi connectivity index (χ1v) is 7.30. The van der Waals surface area contributed by atoms with Crippen molar-refractivity contribution in [2.24, 2.45) is 0 Å². The molecule has 1 saturated carbocycles. The van der Waals surface area contributed by atoms with Crippen molar-refractivity contribution in [3.63, 3.8) is 0 Å². The molecule has 0 bridgehead atoms. The molecule has 1 fully saturated rings. The smallest absolute Gasteiger partial charge is 0.118 e. The quantitative estimate of drug-likeness (QED) is 0.871. The SMILES string of the molecule is Cc1oc(CNC2CC2)cc1CN(C)c1ccccc1. The van der Waals surface area contributed by atoms with Crippen molar-refractivity contribution in [2.75, 3.05) is 11.9 Å². The third kappa shape index (κ3) is 3.23. The fraction of sp³-hybridized carbons (Fsp3) is 0.412. The van der Waals surface area contributed by atoms with E-state index >= 15 is 0 Å². The van der Waals surface area contributed by atoms with Crippen LogP contribution < -0.4 is 10.2 Å². The molecule has 0 atom stereocenters. The summed E-state index contributed by atoms with van der Waals surface area (Å²) in [4.78, 5) is 2.25. The molecule has 3 nitrogen and oxygen atoms in total. The molecule has 1 aromatic carbocycles. The Kier molecular flexibility index (Phi) is 3.79. The van der Waals surface area contributed by atoms with Gasteiger partial charge >= 0.3 is 0 Å². The van der Waals surface area contributed by atoms with Crippen LogP contribution in [0.4, 0.5) is 5.69 Å². The molecule has 1 aromatic heterocycles. The van der Waals surface area contributed by atoms with Crippen LogP contribution in [0, 0.1) is 6.92 Å². The van der Waals surface area contributed by atoms with Gasteiger partial charge in [0.05, 0.1) is 6.54 Å². The Labute approximate surface area is 120 Å². The first kappa shape index (κ1) is 13.3. The molecule has 1 N–H and O–H groups in total. The number of furan rings is 1. The number of benzene rings is 1. The predicted molar refractivity (Wildman–Crippen MR) is 81.9 cm³/mol. The van der Waals surface area contributed by atoms with Crippen LogP contribution in [0.5, 0.6) is 0 Å². The monoisotopic (exact) mass is 270 g/mol. The fourth-order valence-electron chi connectivity index (χ4n) is 2.39. The van der Waals surface area contributed by atoms with E-state index < -0.39 is 0 Å². The lowest BCUT2D eigenvalue weighted by Gasteiger charge is -2.18. The summed E-state index contributed by atoms with van der Waals surface area (Å²) in [5, 5.41) is 3.49. The minimum absolute atomic E-state index is 0.718. The van der Waals surface area contributed by atoms with Gasteiger partial charge in [-0.2, -0.15) is 0 Å². The number of hydrogen-bond donors (Lipinski definition) is 1. The topological polar surface area (TPSA) is 28.4 Å². The van der Waals surface area contributed by atoms with E-state index in [4.69, 9.17) is 4.42 Å². The molecule has 1 aliphatic carbocycles. The van der Waals surface area contributed by atoms with Crippen molar-refractivity contribution < 1.29 is 4.42 Å². The van der Waals surface area contributed by atoms with Gasteiger partial charge in [-0.15, -0.1) is 0 Å². The summed E-state index contributed by atoms with van der Waals surface area (Å²) in [6, 6.07) is 13.3. The Bertz CT molecular complexity index is 558. The van der Waals surface area contributed by atoms with Crippen LogP contribution in [-0.2, 0) is 13.1 Å². The van der Waals surface area contributed by atoms with Crippen LogP contribution >= 0.6 is 0 Å². The predicted octanol–water partition coefficient (Wildman–Crippen LogP) is 3.48. The minimum Gasteiger partial charge on any atom is -0.465 e. The molecule has 0 spiro atoms. The Morgan fingerprint density at radius 1 is 1.25 bits per heavy atom. The first-order chi connectivity index (χ1) is 9.72. The highest BCUT2D eigenvalue weighted by molar-refractivity contribution is 5.46. The molecule has 0 saturated heterocycles. The highest BCUT2D eigenvalue weighted by Crippen LogP contribution is 2.22. The fourth-order valence-corrected chi connectivity index (χ4v) is 2.39. The van der Waals surface area contributed by atoms with Gasteiger partial charge in [0.25, 0.3) is 0 Å². The second-order valence-electron chi connectivity index (χ2n) is 5.64. The number of aryl methyl sites for hydroxylation is 1. The van der Waals surface area contributed by atoms with E-state index in [9.17, 15) is 0 Å². The summed E-state index contributed by atoms with van der Waals surface area (Å²) in [5.74, 6) is 2.08. The highest BCUT2D eigenvalue weighted by Gasteiger charge is 2.21. The van der Waals surface area contributed by atoms with Crippen molar-refractivity contribution in [2.45, 2.75) is 38.9 Å². The van der Waals surface area contributed by atoms with Crippen molar-refractivity contribution >= 4 is 5.69 Å². The molecule has 0 radical (unpaired) electrons. The summed E-state index contributed by atoms with van der Waals surface area (Å²) < 4.78 is 5.84. The summed E-state index contributed by atoms with van der Waals surface area (Å²) >= 11 is 0. The van der Waals surface area contributed by atoms with E-state index in [2.05, 4.69) is 54.5 Å². The zero-order valence-corrected chi connectivity index (χ0v) is 12.2. The Hall–Kier alpha value is -1.74. The summed E-state index contributed by atoms with van der Waals surface area (Å²) in [6.07, 6.45) is 2.62. The van der Waals surface area contributed by atoms with Gasteiger partial charge in [-0.25, -0.2) is 0 Å². The lowest BCUT2D eigenvalue weighted by molar-refractivity contribution is 0.459. The summed E-state index contributed by atoms with van der Waals surface area (Å²) in [6.45, 7) is 3.78. The van der Waals surface area contributed by atoms with Crippen LogP contribution in [-0.4, -0.2) is 13.1 Å². The van der Waals surface area contributed by atoms with Crippen molar-refractivity contribution in [1.82, 2.24) is 5.32 Å². The van der Waals surface area contributed by atoms with Gasteiger partial charge in [0.15, 0.2) is 0 Å². The Balaban J connectivity index is 1.64. The van der Waals surface area contributed by atoms with E-state index in [-0.39, 0.29) is 0 Å². The third-order valence-electron chi connectivity index (χ3n) is 3.82. The van der Waals surface area contributed by atoms with Gasteiger partial charge in [0.1, 0.15) is 11.5 Å². The zero-order chi connectivity index (χ0) is 13.9. The second-order valence-corrected chi connectivity index (χ2v) is 5.64. The maximum Gasteiger partial charge on any atom is 0.118 e. The number of nitrogens with one attached hydrogen (secondary N) is 1. The van der Waals surface area contributed by atoms with Gasteiger partial charge in [-0.1, -0.05) is 18.2 Å². The average molecular weight is 270 g/mol. The lowest BCUT2D eigenvalue weighted by Crippen LogP contribution is -2.16. The van der Waals surface area contributed by atoms with Gasteiger partial charge in [0.2, 0.25) is 0 Å². The van der Waals surface area contributed by atoms with Crippen molar-refractivity contribution in [3.05, 3.63) is 53.5 Å². The van der Waals surface area contributed by atoms with E-state index in [1.807, 2.05) is 6.07 Å². The molecule has 0 amide bonds. The number of hydrogen-bond acceptors (Lipinski definition) is 3. The van der Waals surface area contributed by atoms with Crippen LogP contribution in [0.2, 0.25) is 0 Å². The molecular formula is C17H22N2O. The van der Waals surface area contributed by atoms with Gasteiger partial charge < -0.3 is 14.6 Å². The van der Waals surface area contributed by atoms with E-state index in [1.54, 1.807) is 0 Å². The van der Waals surface area contributed by atoms with E-state index in [0.29, 0.717) is 0 Å². The highest BCUT2D eigenvalue weighted by atomic mass is 16.3. The maximum absolute atomic E-state index is 5.84. The number of nitrogens with zero attached hydrogens (tertiary/aromatic N) is 1. The van der Waals surface area contributed by atoms with Gasteiger partial charge in [0, 0.05) is 30.9 Å². The van der Waals surface area contributed by atoms with E-state index in [0.717, 1.165) is 30.7 Å². The van der Waals surface area contributed by atoms with Gasteiger partial charge in [-0.05, 0) is 38.0 Å². The maximum atomic E-state index is 5.84. The largest absolute Gasteiger partial charge is 0.465 e. The molecule has 20 heavy (non-hydrogen) atoms. The Morgan fingerprint density at radius 2 is 2.00 bits per heavy atom. The number of anilines is 1. The average Bonchev–Trinajstić information content (AvgIpc) is 3.23. The van der Waals surface area contributed by atoms with Crippen molar-refractivity contribution in [3.8, 4) is 0 Å². The van der Waals surface area contributed by atoms with E-state index in [1.165, 1.54) is 24.1 Å². The third-order valence-corrected chi connectivity index (χ3v) is 3.82. The van der Waals surface area contributed by atoms with Crippen LogP contribution in [0.1, 0.15) is 29.9 Å². The standard InChI is InChI=1S/C17H22N2O/c1-13-14(10-17(20-13)11-18-15-8-9-15)12-19(2)16-6-4-3-5-7-16/h3-7,10,15,18H,8-9,11-12H2,1-2H3.